The average molecular weight is 340 g/mol. The monoisotopic (exact) mass is 340 g/mol. The maximum atomic E-state index is 13.6. The van der Waals surface area contributed by atoms with Crippen LogP contribution in [0, 0.1) is 0 Å². The predicted octanol–water partition coefficient (Wildman–Crippen LogP) is 1.32. The molecule has 2 aromatic heterocycles. The van der Waals surface area contributed by atoms with Gasteiger partial charge in [0.1, 0.15) is 5.54 Å². The minimum absolute atomic E-state index is 0.185. The first-order chi connectivity index (χ1) is 12.2. The first-order valence-electron chi connectivity index (χ1n) is 8.98. The number of aromatic nitrogens is 4. The van der Waals surface area contributed by atoms with Crippen LogP contribution in [0.15, 0.2) is 31.1 Å². The Labute approximate surface area is 147 Å². The number of likely N-dealkylation sites (tertiary alicyclic amines) is 2. The molecule has 2 aliphatic heterocycles. The Morgan fingerprint density at radius 1 is 1.12 bits per heavy atom. The molecule has 0 spiro atoms. The summed E-state index contributed by atoms with van der Waals surface area (Å²) in [5.74, 6) is 0.185. The number of rotatable bonds is 4. The third-order valence-electron chi connectivity index (χ3n) is 5.51. The van der Waals surface area contributed by atoms with E-state index >= 15 is 0 Å². The largest absolute Gasteiger partial charge is 0.341 e. The van der Waals surface area contributed by atoms with E-state index in [4.69, 9.17) is 0 Å². The summed E-state index contributed by atoms with van der Waals surface area (Å²) >= 11 is 0. The molecule has 0 N–H and O–H groups in total. The van der Waals surface area contributed by atoms with Gasteiger partial charge in [-0.05, 0) is 25.7 Å². The molecule has 25 heavy (non-hydrogen) atoms. The molecule has 0 radical (unpaired) electrons. The second kappa shape index (κ2) is 6.55. The van der Waals surface area contributed by atoms with Gasteiger partial charge in [-0.25, -0.2) is 4.98 Å². The van der Waals surface area contributed by atoms with Crippen molar-refractivity contribution in [1.29, 1.82) is 0 Å². The minimum atomic E-state index is -0.705. The molecule has 0 saturated carbocycles. The number of aryl methyl sites for hydroxylation is 1. The van der Waals surface area contributed by atoms with E-state index < -0.39 is 5.54 Å². The van der Waals surface area contributed by atoms with E-state index in [2.05, 4.69) is 19.9 Å². The van der Waals surface area contributed by atoms with Gasteiger partial charge in [0.2, 0.25) is 5.91 Å². The summed E-state index contributed by atoms with van der Waals surface area (Å²) < 4.78 is 2.01. The average Bonchev–Trinajstić information content (AvgIpc) is 3.38. The number of nitrogens with zero attached hydrogens (tertiary/aromatic N) is 6. The van der Waals surface area contributed by atoms with Crippen molar-refractivity contribution in [2.75, 3.05) is 19.6 Å². The van der Waals surface area contributed by atoms with Gasteiger partial charge in [0.15, 0.2) is 0 Å². The molecule has 0 aliphatic carbocycles. The maximum absolute atomic E-state index is 13.6. The second-order valence-electron chi connectivity index (χ2n) is 6.97. The molecule has 7 heteroatoms. The molecular weight excluding hydrogens is 316 g/mol. The number of amides is 1. The quantitative estimate of drug-likeness (QED) is 0.840. The summed E-state index contributed by atoms with van der Waals surface area (Å²) in [4.78, 5) is 30.9. The van der Waals surface area contributed by atoms with Gasteiger partial charge < -0.3 is 9.47 Å². The summed E-state index contributed by atoms with van der Waals surface area (Å²) in [6.07, 6.45) is 12.7. The standard InChI is InChI=1S/C18H24N6O/c1-22-14-20-11-15(22)13-24-10-4-5-18(24,16-12-19-6-7-21-16)17(25)23-8-2-3-9-23/h6-7,11-12,14H,2-5,8-10,13H2,1H3/t18-/m0/s1. The minimum Gasteiger partial charge on any atom is -0.341 e. The molecule has 2 aromatic rings. The van der Waals surface area contributed by atoms with Crippen LogP contribution in [0.25, 0.3) is 0 Å². The molecule has 4 rings (SSSR count). The van der Waals surface area contributed by atoms with E-state index in [0.29, 0.717) is 6.54 Å². The molecule has 0 bridgehead atoms. The van der Waals surface area contributed by atoms with Crippen molar-refractivity contribution in [1.82, 2.24) is 29.3 Å². The third kappa shape index (κ3) is 2.72. The SMILES string of the molecule is Cn1cncc1CN1CCC[C@@]1(C(=O)N1CCCC1)c1cnccn1. The summed E-state index contributed by atoms with van der Waals surface area (Å²) in [6.45, 7) is 3.26. The summed E-state index contributed by atoms with van der Waals surface area (Å²) in [5, 5.41) is 0. The van der Waals surface area contributed by atoms with Gasteiger partial charge in [-0.2, -0.15) is 0 Å². The molecule has 0 unspecified atom stereocenters. The highest BCUT2D eigenvalue weighted by molar-refractivity contribution is 5.87. The maximum Gasteiger partial charge on any atom is 0.249 e. The lowest BCUT2D eigenvalue weighted by atomic mass is 9.90. The van der Waals surface area contributed by atoms with Gasteiger partial charge in [-0.15, -0.1) is 0 Å². The first-order valence-corrected chi connectivity index (χ1v) is 8.98. The van der Waals surface area contributed by atoms with Crippen molar-refractivity contribution >= 4 is 5.91 Å². The van der Waals surface area contributed by atoms with Crippen molar-refractivity contribution < 1.29 is 4.79 Å². The summed E-state index contributed by atoms with van der Waals surface area (Å²) in [6, 6.07) is 0. The van der Waals surface area contributed by atoms with Crippen LogP contribution in [-0.2, 0) is 23.9 Å². The lowest BCUT2D eigenvalue weighted by Gasteiger charge is -2.39. The van der Waals surface area contributed by atoms with Gasteiger partial charge in [-0.3, -0.25) is 19.7 Å². The van der Waals surface area contributed by atoms with Gasteiger partial charge in [-0.1, -0.05) is 0 Å². The molecule has 2 saturated heterocycles. The Balaban J connectivity index is 1.74. The topological polar surface area (TPSA) is 67.2 Å². The van der Waals surface area contributed by atoms with Crippen LogP contribution in [0.1, 0.15) is 37.1 Å². The van der Waals surface area contributed by atoms with Gasteiger partial charge in [0.05, 0.1) is 23.9 Å². The van der Waals surface area contributed by atoms with Crippen molar-refractivity contribution in [2.45, 2.75) is 37.8 Å². The highest BCUT2D eigenvalue weighted by Crippen LogP contribution is 2.41. The van der Waals surface area contributed by atoms with Gasteiger partial charge in [0.25, 0.3) is 0 Å². The van der Waals surface area contributed by atoms with Crippen LogP contribution in [0.3, 0.4) is 0 Å². The van der Waals surface area contributed by atoms with E-state index in [1.807, 2.05) is 22.7 Å². The van der Waals surface area contributed by atoms with Crippen LogP contribution in [0.5, 0.6) is 0 Å². The van der Waals surface area contributed by atoms with Crippen LogP contribution in [0.4, 0.5) is 0 Å². The van der Waals surface area contributed by atoms with Crippen LogP contribution >= 0.6 is 0 Å². The zero-order valence-electron chi connectivity index (χ0n) is 14.6. The number of imidazole rings is 1. The second-order valence-corrected chi connectivity index (χ2v) is 6.97. The normalized spacial score (nSPS) is 24.1. The highest BCUT2D eigenvalue weighted by Gasteiger charge is 2.52. The zero-order chi connectivity index (χ0) is 17.3. The molecule has 2 aliphatic rings. The van der Waals surface area contributed by atoms with Crippen LogP contribution in [-0.4, -0.2) is 54.9 Å². The summed E-state index contributed by atoms with van der Waals surface area (Å²) in [7, 11) is 1.99. The van der Waals surface area contributed by atoms with Crippen LogP contribution in [0.2, 0.25) is 0 Å². The zero-order valence-corrected chi connectivity index (χ0v) is 14.6. The molecule has 7 nitrogen and oxygen atoms in total. The Bertz CT molecular complexity index is 739. The first kappa shape index (κ1) is 16.2. The third-order valence-corrected chi connectivity index (χ3v) is 5.51. The fourth-order valence-corrected chi connectivity index (χ4v) is 4.16. The van der Waals surface area contributed by atoms with E-state index in [1.54, 1.807) is 24.9 Å². The lowest BCUT2D eigenvalue weighted by Crippen LogP contribution is -2.54. The smallest absolute Gasteiger partial charge is 0.249 e. The van der Waals surface area contributed by atoms with Gasteiger partial charge in [0, 0.05) is 51.8 Å². The Kier molecular flexibility index (Phi) is 4.25. The molecule has 132 valence electrons. The number of carbonyl (C=O) groups excluding carboxylic acids is 1. The predicted molar refractivity (Wildman–Crippen MR) is 92.4 cm³/mol. The number of hydrogen-bond acceptors (Lipinski definition) is 5. The van der Waals surface area contributed by atoms with Gasteiger partial charge >= 0.3 is 0 Å². The Morgan fingerprint density at radius 2 is 1.96 bits per heavy atom. The van der Waals surface area contributed by atoms with Crippen LogP contribution < -0.4 is 0 Å². The van der Waals surface area contributed by atoms with E-state index in [-0.39, 0.29) is 5.91 Å². The van der Waals surface area contributed by atoms with E-state index in [9.17, 15) is 4.79 Å². The van der Waals surface area contributed by atoms with E-state index in [0.717, 1.165) is 56.7 Å². The molecular formula is C18H24N6O. The fraction of sp³-hybridized carbons (Fsp3) is 0.556. The molecule has 1 amide bonds. The van der Waals surface area contributed by atoms with Crippen molar-refractivity contribution in [3.05, 3.63) is 42.5 Å². The highest BCUT2D eigenvalue weighted by atomic mass is 16.2. The van der Waals surface area contributed by atoms with Crippen molar-refractivity contribution in [2.24, 2.45) is 7.05 Å². The Hall–Kier alpha value is -2.28. The number of carbonyl (C=O) groups is 1. The lowest BCUT2D eigenvalue weighted by molar-refractivity contribution is -0.143. The Morgan fingerprint density at radius 3 is 2.64 bits per heavy atom. The van der Waals surface area contributed by atoms with Crippen molar-refractivity contribution in [3.8, 4) is 0 Å². The molecule has 0 aromatic carbocycles. The van der Waals surface area contributed by atoms with E-state index in [1.165, 1.54) is 0 Å². The molecule has 1 atom stereocenters. The van der Waals surface area contributed by atoms with Crippen molar-refractivity contribution in [3.63, 3.8) is 0 Å². The fourth-order valence-electron chi connectivity index (χ4n) is 4.16. The molecule has 2 fully saturated rings. The number of hydrogen-bond donors (Lipinski definition) is 0. The molecule has 4 heterocycles. The summed E-state index contributed by atoms with van der Waals surface area (Å²) in [5.41, 5.74) is 1.17.